The van der Waals surface area contributed by atoms with Crippen molar-refractivity contribution < 1.29 is 0 Å². The maximum absolute atomic E-state index is 3.48. The van der Waals surface area contributed by atoms with Gasteiger partial charge < -0.3 is 5.32 Å². The van der Waals surface area contributed by atoms with Crippen LogP contribution >= 0.6 is 11.3 Å². The molecule has 1 aromatic heterocycles. The molecule has 0 amide bonds. The molecular weight excluding hydrogens is 250 g/mol. The highest BCUT2D eigenvalue weighted by Crippen LogP contribution is 2.35. The summed E-state index contributed by atoms with van der Waals surface area (Å²) in [6, 6.07) is 15.6. The van der Waals surface area contributed by atoms with Gasteiger partial charge >= 0.3 is 0 Å². The Labute approximate surface area is 116 Å². The lowest BCUT2D eigenvalue weighted by Crippen LogP contribution is -2.11. The number of hydrogen-bond donors (Lipinski definition) is 1. The van der Waals surface area contributed by atoms with Gasteiger partial charge in [-0.05, 0) is 58.5 Å². The molecule has 19 heavy (non-hydrogen) atoms. The number of fused-ring (bicyclic) bond motifs is 2. The van der Waals surface area contributed by atoms with Gasteiger partial charge in [-0.15, -0.1) is 11.3 Å². The summed E-state index contributed by atoms with van der Waals surface area (Å²) in [5, 5.41) is 7.00. The molecule has 0 fully saturated rings. The van der Waals surface area contributed by atoms with Crippen molar-refractivity contribution in [2.75, 3.05) is 11.9 Å². The molecule has 1 aliphatic heterocycles. The molecule has 0 spiro atoms. The van der Waals surface area contributed by atoms with Crippen LogP contribution in [-0.2, 0) is 6.42 Å². The molecule has 0 unspecified atom stereocenters. The lowest BCUT2D eigenvalue weighted by Gasteiger charge is -2.18. The number of hydrogen-bond acceptors (Lipinski definition) is 2. The highest BCUT2D eigenvalue weighted by molar-refractivity contribution is 7.17. The van der Waals surface area contributed by atoms with Crippen molar-refractivity contribution in [2.45, 2.75) is 12.8 Å². The number of anilines is 1. The zero-order chi connectivity index (χ0) is 12.7. The summed E-state index contributed by atoms with van der Waals surface area (Å²) < 4.78 is 1.39. The van der Waals surface area contributed by atoms with Crippen molar-refractivity contribution in [3.8, 4) is 11.1 Å². The Hall–Kier alpha value is -1.80. The molecule has 1 N–H and O–H groups in total. The molecule has 0 bridgehead atoms. The summed E-state index contributed by atoms with van der Waals surface area (Å²) >= 11 is 1.83. The SMILES string of the molecule is c1cc(-c2ccc3c(c2)CCCN3)c2sccc2c1. The van der Waals surface area contributed by atoms with Crippen LogP contribution in [0.1, 0.15) is 12.0 Å². The summed E-state index contributed by atoms with van der Waals surface area (Å²) in [5.41, 5.74) is 5.47. The number of rotatable bonds is 1. The van der Waals surface area contributed by atoms with Crippen LogP contribution in [0.25, 0.3) is 21.2 Å². The van der Waals surface area contributed by atoms with E-state index in [1.807, 2.05) is 11.3 Å². The van der Waals surface area contributed by atoms with Crippen LogP contribution < -0.4 is 5.32 Å². The van der Waals surface area contributed by atoms with Gasteiger partial charge in [0.2, 0.25) is 0 Å². The Balaban J connectivity index is 1.90. The van der Waals surface area contributed by atoms with E-state index in [-0.39, 0.29) is 0 Å². The van der Waals surface area contributed by atoms with E-state index in [2.05, 4.69) is 53.2 Å². The smallest absolute Gasteiger partial charge is 0.0421 e. The van der Waals surface area contributed by atoms with Crippen LogP contribution in [0.2, 0.25) is 0 Å². The second kappa shape index (κ2) is 4.39. The van der Waals surface area contributed by atoms with Crippen LogP contribution in [0, 0.1) is 0 Å². The first kappa shape index (κ1) is 11.1. The van der Waals surface area contributed by atoms with Gasteiger partial charge in [-0.2, -0.15) is 0 Å². The third-order valence-corrected chi connectivity index (χ3v) is 4.80. The molecule has 94 valence electrons. The van der Waals surface area contributed by atoms with Gasteiger partial charge in [-0.3, -0.25) is 0 Å². The fourth-order valence-electron chi connectivity index (χ4n) is 2.86. The molecule has 1 aliphatic rings. The summed E-state index contributed by atoms with van der Waals surface area (Å²) in [7, 11) is 0. The minimum absolute atomic E-state index is 1.10. The van der Waals surface area contributed by atoms with E-state index in [1.165, 1.54) is 45.3 Å². The Morgan fingerprint density at radius 1 is 1.05 bits per heavy atom. The van der Waals surface area contributed by atoms with E-state index in [4.69, 9.17) is 0 Å². The molecule has 4 rings (SSSR count). The Kier molecular flexibility index (Phi) is 2.56. The lowest BCUT2D eigenvalue weighted by molar-refractivity contribution is 0.831. The topological polar surface area (TPSA) is 12.0 Å². The number of aryl methyl sites for hydroxylation is 1. The monoisotopic (exact) mass is 265 g/mol. The first-order valence-electron chi connectivity index (χ1n) is 6.75. The molecule has 3 aromatic rings. The average molecular weight is 265 g/mol. The third kappa shape index (κ3) is 1.83. The molecule has 0 radical (unpaired) electrons. The molecule has 2 heteroatoms. The predicted molar refractivity (Wildman–Crippen MR) is 84.1 cm³/mol. The van der Waals surface area contributed by atoms with Crippen LogP contribution in [0.15, 0.2) is 47.8 Å². The van der Waals surface area contributed by atoms with Crippen molar-refractivity contribution in [3.05, 3.63) is 53.4 Å². The van der Waals surface area contributed by atoms with Gasteiger partial charge in [0.25, 0.3) is 0 Å². The maximum Gasteiger partial charge on any atom is 0.0421 e. The Bertz CT molecular complexity index is 742. The minimum atomic E-state index is 1.10. The zero-order valence-electron chi connectivity index (χ0n) is 10.6. The van der Waals surface area contributed by atoms with Crippen molar-refractivity contribution in [1.82, 2.24) is 0 Å². The normalized spacial score (nSPS) is 14.1. The molecule has 0 aliphatic carbocycles. The fraction of sp³-hybridized carbons (Fsp3) is 0.176. The quantitative estimate of drug-likeness (QED) is 0.658. The summed E-state index contributed by atoms with van der Waals surface area (Å²) in [6.07, 6.45) is 2.43. The van der Waals surface area contributed by atoms with Gasteiger partial charge in [-0.25, -0.2) is 0 Å². The highest BCUT2D eigenvalue weighted by atomic mass is 32.1. The van der Waals surface area contributed by atoms with E-state index in [0.717, 1.165) is 6.54 Å². The average Bonchev–Trinajstić information content (AvgIpc) is 2.95. The molecule has 1 nitrogen and oxygen atoms in total. The first-order valence-corrected chi connectivity index (χ1v) is 7.63. The van der Waals surface area contributed by atoms with Crippen LogP contribution in [0.4, 0.5) is 5.69 Å². The van der Waals surface area contributed by atoms with Gasteiger partial charge in [0, 0.05) is 16.9 Å². The number of benzene rings is 2. The maximum atomic E-state index is 3.48. The van der Waals surface area contributed by atoms with Crippen molar-refractivity contribution in [2.24, 2.45) is 0 Å². The second-order valence-electron chi connectivity index (χ2n) is 5.05. The van der Waals surface area contributed by atoms with Crippen molar-refractivity contribution in [1.29, 1.82) is 0 Å². The van der Waals surface area contributed by atoms with Crippen LogP contribution in [0.3, 0.4) is 0 Å². The molecule has 0 saturated carbocycles. The van der Waals surface area contributed by atoms with E-state index in [0.29, 0.717) is 0 Å². The summed E-state index contributed by atoms with van der Waals surface area (Å²) in [5.74, 6) is 0. The Morgan fingerprint density at radius 3 is 3.05 bits per heavy atom. The highest BCUT2D eigenvalue weighted by Gasteiger charge is 2.11. The van der Waals surface area contributed by atoms with Gasteiger partial charge in [-0.1, -0.05) is 24.3 Å². The summed E-state index contributed by atoms with van der Waals surface area (Å²) in [4.78, 5) is 0. The van der Waals surface area contributed by atoms with Gasteiger partial charge in [0.05, 0.1) is 0 Å². The number of thiophene rings is 1. The van der Waals surface area contributed by atoms with Crippen molar-refractivity contribution in [3.63, 3.8) is 0 Å². The van der Waals surface area contributed by atoms with E-state index >= 15 is 0 Å². The van der Waals surface area contributed by atoms with Gasteiger partial charge in [0.15, 0.2) is 0 Å². The molecular formula is C17H15NS. The van der Waals surface area contributed by atoms with Crippen LogP contribution in [0.5, 0.6) is 0 Å². The van der Waals surface area contributed by atoms with Crippen LogP contribution in [-0.4, -0.2) is 6.54 Å². The predicted octanol–water partition coefficient (Wildman–Crippen LogP) is 4.93. The Morgan fingerprint density at radius 2 is 2.05 bits per heavy atom. The standard InChI is InChI=1S/C17H15NS/c1-3-12-8-10-19-17(12)15(5-1)13-6-7-16-14(11-13)4-2-9-18-16/h1,3,5-8,10-11,18H,2,4,9H2. The molecule has 0 atom stereocenters. The first-order chi connectivity index (χ1) is 9.42. The van der Waals surface area contributed by atoms with E-state index in [1.54, 1.807) is 0 Å². The van der Waals surface area contributed by atoms with E-state index in [9.17, 15) is 0 Å². The summed E-state index contributed by atoms with van der Waals surface area (Å²) in [6.45, 7) is 1.10. The fourth-order valence-corrected chi connectivity index (χ4v) is 3.80. The number of nitrogens with one attached hydrogen (secondary N) is 1. The van der Waals surface area contributed by atoms with Gasteiger partial charge in [0.1, 0.15) is 0 Å². The lowest BCUT2D eigenvalue weighted by atomic mass is 9.97. The third-order valence-electron chi connectivity index (χ3n) is 3.83. The largest absolute Gasteiger partial charge is 0.385 e. The molecule has 2 aromatic carbocycles. The van der Waals surface area contributed by atoms with Crippen molar-refractivity contribution >= 4 is 27.1 Å². The second-order valence-corrected chi connectivity index (χ2v) is 5.96. The van der Waals surface area contributed by atoms with E-state index < -0.39 is 0 Å². The molecule has 0 saturated heterocycles. The zero-order valence-corrected chi connectivity index (χ0v) is 11.5. The molecule has 2 heterocycles. The minimum Gasteiger partial charge on any atom is -0.385 e.